The van der Waals surface area contributed by atoms with Crippen LogP contribution in [0.3, 0.4) is 0 Å². The van der Waals surface area contributed by atoms with Crippen LogP contribution in [0, 0.1) is 19.9 Å². The fourth-order valence-corrected chi connectivity index (χ4v) is 2.91. The summed E-state index contributed by atoms with van der Waals surface area (Å²) in [7, 11) is 0. The average molecular weight is 379 g/mol. The summed E-state index contributed by atoms with van der Waals surface area (Å²) in [6.07, 6.45) is 7.36. The zero-order valence-electron chi connectivity index (χ0n) is 16.2. The Balaban J connectivity index is 3.08. The molecule has 0 bridgehead atoms. The van der Waals surface area contributed by atoms with Crippen molar-refractivity contribution in [2.24, 2.45) is 10.6 Å². The topological polar surface area (TPSA) is 108 Å². The second-order valence-corrected chi connectivity index (χ2v) is 6.43. The van der Waals surface area contributed by atoms with Gasteiger partial charge in [-0.2, -0.15) is 0 Å². The number of nitro groups is 1. The van der Waals surface area contributed by atoms with Gasteiger partial charge in [0.15, 0.2) is 0 Å². The largest absolute Gasteiger partial charge is 0.319 e. The third-order valence-electron chi connectivity index (χ3n) is 4.38. The summed E-state index contributed by atoms with van der Waals surface area (Å²) >= 11 is 0. The maximum atomic E-state index is 11.7. The Labute approximate surface area is 159 Å². The van der Waals surface area contributed by atoms with Crippen LogP contribution in [0.5, 0.6) is 0 Å². The van der Waals surface area contributed by atoms with Crippen LogP contribution in [0.2, 0.25) is 0 Å². The van der Waals surface area contributed by atoms with Crippen LogP contribution in [0.1, 0.15) is 65.2 Å². The Morgan fingerprint density at radius 3 is 1.63 bits per heavy atom. The highest BCUT2D eigenvalue weighted by Gasteiger charge is 2.28. The monoisotopic (exact) mass is 379 g/mol. The first-order valence-electron chi connectivity index (χ1n) is 9.59. The van der Waals surface area contributed by atoms with Crippen LogP contribution in [-0.4, -0.2) is 18.0 Å². The van der Waals surface area contributed by atoms with Gasteiger partial charge >= 0.3 is 5.69 Å². The van der Waals surface area contributed by atoms with Gasteiger partial charge in [-0.05, 0) is 25.0 Å². The van der Waals surface area contributed by atoms with Crippen molar-refractivity contribution in [3.05, 3.63) is 38.1 Å². The van der Waals surface area contributed by atoms with Crippen molar-refractivity contribution in [1.82, 2.24) is 0 Å². The van der Waals surface area contributed by atoms with Gasteiger partial charge in [0.25, 0.3) is 0 Å². The normalized spacial score (nSPS) is 10.4. The lowest BCUT2D eigenvalue weighted by Crippen LogP contribution is -2.22. The Morgan fingerprint density at radius 2 is 1.30 bits per heavy atom. The summed E-state index contributed by atoms with van der Waals surface area (Å²) < 4.78 is 0. The van der Waals surface area contributed by atoms with Crippen LogP contribution < -0.4 is 10.0 Å². The second-order valence-electron chi connectivity index (χ2n) is 6.43. The molecule has 0 aliphatic heterocycles. The number of anilines is 2. The highest BCUT2D eigenvalue weighted by molar-refractivity contribution is 5.77. The van der Waals surface area contributed by atoms with Crippen LogP contribution >= 0.6 is 0 Å². The van der Waals surface area contributed by atoms with Crippen molar-refractivity contribution in [2.45, 2.75) is 65.2 Å². The number of para-hydroxylation sites is 1. The van der Waals surface area contributed by atoms with Crippen molar-refractivity contribution in [3.8, 4) is 0 Å². The number of benzene rings is 1. The number of nitro benzene ring substituents is 1. The second kappa shape index (κ2) is 12.7. The summed E-state index contributed by atoms with van der Waals surface area (Å²) in [6, 6.07) is 4.53. The Kier molecular flexibility index (Phi) is 10.6. The van der Waals surface area contributed by atoms with Gasteiger partial charge in [0.2, 0.25) is 0 Å². The molecule has 0 N–H and O–H groups in total. The molecule has 0 spiro atoms. The molecular formula is C18H29N5O4. The van der Waals surface area contributed by atoms with E-state index in [-0.39, 0.29) is 17.1 Å². The van der Waals surface area contributed by atoms with Crippen LogP contribution in [0.4, 0.5) is 17.1 Å². The molecule has 0 heterocycles. The average Bonchev–Trinajstić information content (AvgIpc) is 2.67. The van der Waals surface area contributed by atoms with Gasteiger partial charge in [-0.3, -0.25) is 10.1 Å². The first-order chi connectivity index (χ1) is 13.1. The molecule has 9 heteroatoms. The molecule has 0 fully saturated rings. The van der Waals surface area contributed by atoms with Gasteiger partial charge in [-0.1, -0.05) is 58.4 Å². The Morgan fingerprint density at radius 1 is 0.852 bits per heavy atom. The molecule has 0 saturated carbocycles. The van der Waals surface area contributed by atoms with E-state index in [1.54, 1.807) is 6.07 Å². The van der Waals surface area contributed by atoms with Crippen molar-refractivity contribution in [1.29, 1.82) is 0 Å². The number of nitroso groups, excluding NO2 is 2. The van der Waals surface area contributed by atoms with Crippen LogP contribution in [-0.2, 0) is 0 Å². The Bertz CT molecular complexity index is 569. The molecule has 9 nitrogen and oxygen atoms in total. The van der Waals surface area contributed by atoms with Crippen LogP contribution in [0.15, 0.2) is 28.8 Å². The van der Waals surface area contributed by atoms with E-state index >= 15 is 0 Å². The van der Waals surface area contributed by atoms with Crippen molar-refractivity contribution >= 4 is 17.1 Å². The van der Waals surface area contributed by atoms with Gasteiger partial charge in [-0.15, -0.1) is 9.81 Å². The number of nitrogens with zero attached hydrogens (tertiary/aromatic N) is 5. The Hall–Kier alpha value is -2.58. The van der Waals surface area contributed by atoms with E-state index in [0.29, 0.717) is 25.9 Å². The summed E-state index contributed by atoms with van der Waals surface area (Å²) in [4.78, 5) is 33.7. The molecule has 0 unspecified atom stereocenters. The molecule has 0 amide bonds. The SMILES string of the molecule is CCCCCCN(N=O)c1cccc(N(CCCCCC)N=O)c1[N+](=O)[O-]. The molecule has 0 aliphatic carbocycles. The van der Waals surface area contributed by atoms with E-state index in [1.807, 2.05) is 0 Å². The van der Waals surface area contributed by atoms with Gasteiger partial charge in [-0.25, -0.2) is 10.0 Å². The van der Waals surface area contributed by atoms with Crippen LogP contribution in [0.25, 0.3) is 0 Å². The van der Waals surface area contributed by atoms with Crippen molar-refractivity contribution in [2.75, 3.05) is 23.1 Å². The van der Waals surface area contributed by atoms with E-state index in [2.05, 4.69) is 24.4 Å². The molecule has 0 atom stereocenters. The predicted octanol–water partition coefficient (Wildman–Crippen LogP) is 5.73. The molecule has 1 aromatic carbocycles. The molecule has 0 aromatic heterocycles. The standard InChI is InChI=1S/C18H29N5O4/c1-3-5-7-9-14-21(19-24)16-12-11-13-17(18(16)23(26)27)22(20-25)15-10-8-6-4-2/h11-13H,3-10,14-15H2,1-2H3. The smallest absolute Gasteiger partial charge is 0.258 e. The molecule has 1 aromatic rings. The summed E-state index contributed by atoms with van der Waals surface area (Å²) in [5, 5.41) is 19.8. The van der Waals surface area contributed by atoms with E-state index in [0.717, 1.165) is 48.5 Å². The maximum Gasteiger partial charge on any atom is 0.319 e. The minimum atomic E-state index is -0.584. The predicted molar refractivity (Wildman–Crippen MR) is 108 cm³/mol. The fraction of sp³-hybridized carbons (Fsp3) is 0.667. The molecule has 0 radical (unpaired) electrons. The summed E-state index contributed by atoms with van der Waals surface area (Å²) in [5.74, 6) is 0. The van der Waals surface area contributed by atoms with Gasteiger partial charge in [0.1, 0.15) is 11.4 Å². The third kappa shape index (κ3) is 6.92. The zero-order valence-corrected chi connectivity index (χ0v) is 16.2. The minimum Gasteiger partial charge on any atom is -0.258 e. The number of hydrogen-bond donors (Lipinski definition) is 0. The van der Waals surface area contributed by atoms with Gasteiger partial charge in [0, 0.05) is 13.1 Å². The number of rotatable bonds is 15. The lowest BCUT2D eigenvalue weighted by molar-refractivity contribution is -0.383. The number of unbranched alkanes of at least 4 members (excludes halogenated alkanes) is 6. The van der Waals surface area contributed by atoms with E-state index in [4.69, 9.17) is 0 Å². The zero-order chi connectivity index (χ0) is 20.1. The molecular weight excluding hydrogens is 350 g/mol. The highest BCUT2D eigenvalue weighted by atomic mass is 16.6. The maximum absolute atomic E-state index is 11.7. The lowest BCUT2D eigenvalue weighted by atomic mass is 10.1. The molecule has 0 saturated heterocycles. The quantitative estimate of drug-likeness (QED) is 0.167. The molecule has 27 heavy (non-hydrogen) atoms. The van der Waals surface area contributed by atoms with E-state index in [1.165, 1.54) is 12.1 Å². The van der Waals surface area contributed by atoms with Crippen molar-refractivity contribution in [3.63, 3.8) is 0 Å². The van der Waals surface area contributed by atoms with E-state index in [9.17, 15) is 19.9 Å². The van der Waals surface area contributed by atoms with Gasteiger partial charge in [0.05, 0.1) is 15.5 Å². The first-order valence-corrected chi connectivity index (χ1v) is 9.59. The molecule has 1 rings (SSSR count). The minimum absolute atomic E-state index is 0.0891. The first kappa shape index (κ1) is 22.5. The third-order valence-corrected chi connectivity index (χ3v) is 4.38. The highest BCUT2D eigenvalue weighted by Crippen LogP contribution is 2.38. The van der Waals surface area contributed by atoms with Crippen molar-refractivity contribution < 1.29 is 4.92 Å². The summed E-state index contributed by atoms with van der Waals surface area (Å²) in [6.45, 7) is 4.73. The fourth-order valence-electron chi connectivity index (χ4n) is 2.91. The summed E-state index contributed by atoms with van der Waals surface area (Å²) in [5.41, 5.74) is -0.139. The molecule has 0 aliphatic rings. The van der Waals surface area contributed by atoms with E-state index < -0.39 is 4.92 Å². The van der Waals surface area contributed by atoms with Gasteiger partial charge < -0.3 is 0 Å². The molecule has 150 valence electrons. The number of hydrogen-bond acceptors (Lipinski definition) is 6. The lowest BCUT2D eigenvalue weighted by Gasteiger charge is -2.20.